The lowest BCUT2D eigenvalue weighted by Gasteiger charge is -2.29. The van der Waals surface area contributed by atoms with Crippen LogP contribution >= 0.6 is 15.9 Å². The Labute approximate surface area is 151 Å². The molecule has 1 aliphatic rings. The van der Waals surface area contributed by atoms with Gasteiger partial charge in [0, 0.05) is 16.7 Å². The van der Waals surface area contributed by atoms with Gasteiger partial charge in [0.1, 0.15) is 5.75 Å². The molecule has 24 heavy (non-hydrogen) atoms. The molecule has 1 heterocycles. The predicted molar refractivity (Wildman–Crippen MR) is 101 cm³/mol. The number of amides is 1. The number of nitrogens with zero attached hydrogens (tertiary/aromatic N) is 1. The zero-order chi connectivity index (χ0) is 17.1. The first-order valence-corrected chi connectivity index (χ1v) is 9.16. The molecular formula is C20H22BrNO2. The van der Waals surface area contributed by atoms with Crippen molar-refractivity contribution in [3.8, 4) is 5.75 Å². The molecule has 0 fully saturated rings. The van der Waals surface area contributed by atoms with E-state index in [4.69, 9.17) is 4.74 Å². The lowest BCUT2D eigenvalue weighted by Crippen LogP contribution is -2.38. The van der Waals surface area contributed by atoms with Crippen LogP contribution in [0, 0.1) is 0 Å². The summed E-state index contributed by atoms with van der Waals surface area (Å²) < 4.78 is 6.89. The summed E-state index contributed by atoms with van der Waals surface area (Å²) in [5.74, 6) is 1.13. The minimum atomic E-state index is 0.0137. The fraction of sp³-hybridized carbons (Fsp3) is 0.350. The zero-order valence-electron chi connectivity index (χ0n) is 14.1. The van der Waals surface area contributed by atoms with Gasteiger partial charge in [0.05, 0.1) is 0 Å². The number of fused-ring (bicyclic) bond motifs is 1. The van der Waals surface area contributed by atoms with Crippen molar-refractivity contribution in [2.75, 3.05) is 18.1 Å². The van der Waals surface area contributed by atoms with Crippen molar-refractivity contribution in [3.05, 3.63) is 58.1 Å². The van der Waals surface area contributed by atoms with Crippen molar-refractivity contribution in [3.63, 3.8) is 0 Å². The van der Waals surface area contributed by atoms with Gasteiger partial charge in [0.15, 0.2) is 6.61 Å². The van der Waals surface area contributed by atoms with Crippen LogP contribution in [0.3, 0.4) is 0 Å². The van der Waals surface area contributed by atoms with E-state index < -0.39 is 0 Å². The molecule has 0 saturated heterocycles. The van der Waals surface area contributed by atoms with Crippen LogP contribution in [-0.2, 0) is 11.2 Å². The van der Waals surface area contributed by atoms with Crippen LogP contribution in [-0.4, -0.2) is 19.1 Å². The minimum Gasteiger partial charge on any atom is -0.483 e. The van der Waals surface area contributed by atoms with E-state index in [1.807, 2.05) is 35.2 Å². The molecule has 0 aliphatic carbocycles. The third kappa shape index (κ3) is 3.64. The Kier molecular flexibility index (Phi) is 5.24. The molecular weight excluding hydrogens is 366 g/mol. The number of ether oxygens (including phenoxy) is 1. The second kappa shape index (κ2) is 7.39. The number of carbonyl (C=O) groups excluding carboxylic acids is 1. The molecule has 0 radical (unpaired) electrons. The van der Waals surface area contributed by atoms with E-state index in [9.17, 15) is 4.79 Å². The largest absolute Gasteiger partial charge is 0.483 e. The van der Waals surface area contributed by atoms with E-state index in [2.05, 4.69) is 41.9 Å². The fourth-order valence-corrected chi connectivity index (χ4v) is 3.49. The number of benzene rings is 2. The van der Waals surface area contributed by atoms with E-state index in [0.717, 1.165) is 40.9 Å². The van der Waals surface area contributed by atoms with Crippen molar-refractivity contribution in [2.24, 2.45) is 0 Å². The Balaban J connectivity index is 1.73. The van der Waals surface area contributed by atoms with Crippen LogP contribution in [0.15, 0.2) is 46.9 Å². The van der Waals surface area contributed by atoms with Gasteiger partial charge in [-0.1, -0.05) is 48.0 Å². The van der Waals surface area contributed by atoms with Crippen molar-refractivity contribution >= 4 is 27.5 Å². The SMILES string of the molecule is CC(C)c1cc(Br)ccc1OCC(=O)N1CCCc2ccccc21. The van der Waals surface area contributed by atoms with Crippen molar-refractivity contribution in [2.45, 2.75) is 32.6 Å². The van der Waals surface area contributed by atoms with Gasteiger partial charge < -0.3 is 9.64 Å². The highest BCUT2D eigenvalue weighted by atomic mass is 79.9. The smallest absolute Gasteiger partial charge is 0.264 e. The first-order valence-electron chi connectivity index (χ1n) is 8.37. The number of aryl methyl sites for hydroxylation is 1. The molecule has 0 unspecified atom stereocenters. The molecule has 0 atom stereocenters. The van der Waals surface area contributed by atoms with Crippen LogP contribution in [0.5, 0.6) is 5.75 Å². The summed E-state index contributed by atoms with van der Waals surface area (Å²) in [5, 5.41) is 0. The second-order valence-electron chi connectivity index (χ2n) is 6.40. The van der Waals surface area contributed by atoms with E-state index in [1.165, 1.54) is 5.56 Å². The molecule has 2 aromatic carbocycles. The van der Waals surface area contributed by atoms with Crippen LogP contribution in [0.1, 0.15) is 37.3 Å². The Hall–Kier alpha value is -1.81. The molecule has 0 saturated carbocycles. The molecule has 3 rings (SSSR count). The van der Waals surface area contributed by atoms with Crippen LogP contribution in [0.25, 0.3) is 0 Å². The normalized spacial score (nSPS) is 13.8. The number of para-hydroxylation sites is 1. The summed E-state index contributed by atoms with van der Waals surface area (Å²) >= 11 is 3.49. The number of carbonyl (C=O) groups is 1. The van der Waals surface area contributed by atoms with E-state index in [1.54, 1.807) is 0 Å². The third-order valence-electron chi connectivity index (χ3n) is 4.36. The predicted octanol–water partition coefficient (Wildman–Crippen LogP) is 4.93. The lowest BCUT2D eigenvalue weighted by atomic mass is 10.0. The summed E-state index contributed by atoms with van der Waals surface area (Å²) in [6.45, 7) is 5.07. The number of rotatable bonds is 4. The summed E-state index contributed by atoms with van der Waals surface area (Å²) in [5.41, 5.74) is 3.37. The molecule has 0 aromatic heterocycles. The summed E-state index contributed by atoms with van der Waals surface area (Å²) in [4.78, 5) is 14.5. The molecule has 0 spiro atoms. The zero-order valence-corrected chi connectivity index (χ0v) is 15.7. The molecule has 1 aliphatic heterocycles. The first-order chi connectivity index (χ1) is 11.6. The van der Waals surface area contributed by atoms with E-state index in [-0.39, 0.29) is 12.5 Å². The highest BCUT2D eigenvalue weighted by molar-refractivity contribution is 9.10. The maximum atomic E-state index is 12.7. The molecule has 2 aromatic rings. The minimum absolute atomic E-state index is 0.0137. The van der Waals surface area contributed by atoms with Gasteiger partial charge in [0.2, 0.25) is 0 Å². The van der Waals surface area contributed by atoms with Crippen molar-refractivity contribution in [1.82, 2.24) is 0 Å². The van der Waals surface area contributed by atoms with Gasteiger partial charge in [0.25, 0.3) is 5.91 Å². The van der Waals surface area contributed by atoms with Crippen LogP contribution in [0.2, 0.25) is 0 Å². The Morgan fingerprint density at radius 2 is 2.04 bits per heavy atom. The van der Waals surface area contributed by atoms with Crippen LogP contribution in [0.4, 0.5) is 5.69 Å². The van der Waals surface area contributed by atoms with E-state index in [0.29, 0.717) is 5.92 Å². The molecule has 126 valence electrons. The van der Waals surface area contributed by atoms with Gasteiger partial charge in [-0.05, 0) is 54.2 Å². The van der Waals surface area contributed by atoms with Gasteiger partial charge >= 0.3 is 0 Å². The second-order valence-corrected chi connectivity index (χ2v) is 7.32. The van der Waals surface area contributed by atoms with Crippen LogP contribution < -0.4 is 9.64 Å². The Morgan fingerprint density at radius 1 is 1.25 bits per heavy atom. The quantitative estimate of drug-likeness (QED) is 0.743. The fourth-order valence-electron chi connectivity index (χ4n) is 3.11. The molecule has 3 nitrogen and oxygen atoms in total. The van der Waals surface area contributed by atoms with Gasteiger partial charge in [-0.3, -0.25) is 4.79 Å². The molecule has 4 heteroatoms. The monoisotopic (exact) mass is 387 g/mol. The topological polar surface area (TPSA) is 29.5 Å². The lowest BCUT2D eigenvalue weighted by molar-refractivity contribution is -0.120. The highest BCUT2D eigenvalue weighted by Gasteiger charge is 2.22. The number of anilines is 1. The Bertz CT molecular complexity index is 742. The maximum Gasteiger partial charge on any atom is 0.264 e. The average Bonchev–Trinajstić information content (AvgIpc) is 2.59. The van der Waals surface area contributed by atoms with Gasteiger partial charge in [-0.2, -0.15) is 0 Å². The van der Waals surface area contributed by atoms with Crippen molar-refractivity contribution in [1.29, 1.82) is 0 Å². The van der Waals surface area contributed by atoms with Gasteiger partial charge in [-0.15, -0.1) is 0 Å². The standard InChI is InChI=1S/C20H22BrNO2/c1-14(2)17-12-16(21)9-10-19(17)24-13-20(23)22-11-5-7-15-6-3-4-8-18(15)22/h3-4,6,8-10,12,14H,5,7,11,13H2,1-2H3. The van der Waals surface area contributed by atoms with E-state index >= 15 is 0 Å². The number of halogens is 1. The molecule has 1 amide bonds. The maximum absolute atomic E-state index is 12.7. The summed E-state index contributed by atoms with van der Waals surface area (Å²) in [6, 6.07) is 14.1. The van der Waals surface area contributed by atoms with Crippen molar-refractivity contribution < 1.29 is 9.53 Å². The Morgan fingerprint density at radius 3 is 2.83 bits per heavy atom. The number of hydrogen-bond acceptors (Lipinski definition) is 2. The average molecular weight is 388 g/mol. The molecule has 0 bridgehead atoms. The first kappa shape index (κ1) is 17.0. The highest BCUT2D eigenvalue weighted by Crippen LogP contribution is 2.30. The van der Waals surface area contributed by atoms with Gasteiger partial charge in [-0.25, -0.2) is 0 Å². The summed E-state index contributed by atoms with van der Waals surface area (Å²) in [6.07, 6.45) is 2.03. The molecule has 0 N–H and O–H groups in total. The summed E-state index contributed by atoms with van der Waals surface area (Å²) in [7, 11) is 0. The number of hydrogen-bond donors (Lipinski definition) is 0. The third-order valence-corrected chi connectivity index (χ3v) is 4.85.